The Hall–Kier alpha value is -1.19. The number of methoxy groups -OCH3 is 1. The molecule has 7 nitrogen and oxygen atoms in total. The van der Waals surface area contributed by atoms with Crippen LogP contribution in [-0.2, 0) is 19.5 Å². The lowest BCUT2D eigenvalue weighted by Crippen LogP contribution is -2.48. The summed E-state index contributed by atoms with van der Waals surface area (Å²) in [6, 6.07) is 5.99. The van der Waals surface area contributed by atoms with Crippen molar-refractivity contribution in [3.8, 4) is 0 Å². The van der Waals surface area contributed by atoms with Gasteiger partial charge < -0.3 is 15.2 Å². The number of benzene rings is 1. The van der Waals surface area contributed by atoms with E-state index in [0.717, 1.165) is 0 Å². The van der Waals surface area contributed by atoms with E-state index in [1.165, 1.54) is 23.5 Å². The molecule has 1 aliphatic heterocycles. The Kier molecular flexibility index (Phi) is 6.76. The van der Waals surface area contributed by atoms with E-state index in [2.05, 4.69) is 4.74 Å². The van der Waals surface area contributed by atoms with Crippen LogP contribution in [-0.4, -0.2) is 58.1 Å². The van der Waals surface area contributed by atoms with E-state index >= 15 is 0 Å². The molecule has 0 radical (unpaired) electrons. The molecule has 1 heterocycles. The number of carbonyl (C=O) groups excluding carboxylic acids is 1. The summed E-state index contributed by atoms with van der Waals surface area (Å²) in [5, 5.41) is 0. The molecule has 0 bridgehead atoms. The predicted octanol–water partition coefficient (Wildman–Crippen LogP) is 0.243. The summed E-state index contributed by atoms with van der Waals surface area (Å²) in [5.74, 6) is -0.683. The van der Waals surface area contributed by atoms with Crippen molar-refractivity contribution in [2.45, 2.75) is 11.0 Å². The maximum absolute atomic E-state index is 12.7. The Morgan fingerprint density at radius 2 is 2.14 bits per heavy atom. The van der Waals surface area contributed by atoms with Crippen LogP contribution in [0.2, 0.25) is 0 Å². The molecule has 1 saturated heterocycles. The fourth-order valence-electron chi connectivity index (χ4n) is 2.16. The molecular formula is C13H19ClN2O5S. The topological polar surface area (TPSA) is 98.9 Å². The third-order valence-corrected chi connectivity index (χ3v) is 5.20. The van der Waals surface area contributed by atoms with Crippen molar-refractivity contribution in [1.82, 2.24) is 4.31 Å². The molecule has 1 aromatic rings. The fraction of sp³-hybridized carbons (Fsp3) is 0.462. The molecule has 1 atom stereocenters. The van der Waals surface area contributed by atoms with Gasteiger partial charge in [0.1, 0.15) is 0 Å². The zero-order valence-electron chi connectivity index (χ0n) is 12.1. The summed E-state index contributed by atoms with van der Waals surface area (Å²) in [7, 11) is -2.58. The van der Waals surface area contributed by atoms with E-state index in [-0.39, 0.29) is 55.2 Å². The van der Waals surface area contributed by atoms with E-state index in [1.54, 1.807) is 12.1 Å². The zero-order valence-corrected chi connectivity index (χ0v) is 13.7. The molecule has 0 spiro atoms. The highest BCUT2D eigenvalue weighted by atomic mass is 35.5. The molecule has 1 unspecified atom stereocenters. The first-order valence-electron chi connectivity index (χ1n) is 6.50. The number of morpholine rings is 1. The van der Waals surface area contributed by atoms with Crippen molar-refractivity contribution in [2.24, 2.45) is 5.73 Å². The average Bonchev–Trinajstić information content (AvgIpc) is 2.54. The quantitative estimate of drug-likeness (QED) is 0.781. The van der Waals surface area contributed by atoms with Crippen LogP contribution in [0.5, 0.6) is 0 Å². The molecule has 9 heteroatoms. The van der Waals surface area contributed by atoms with Crippen LogP contribution in [0.3, 0.4) is 0 Å². The van der Waals surface area contributed by atoms with Crippen LogP contribution in [0.25, 0.3) is 0 Å². The Bertz CT molecular complexity index is 623. The van der Waals surface area contributed by atoms with Gasteiger partial charge in [-0.1, -0.05) is 12.1 Å². The molecule has 22 heavy (non-hydrogen) atoms. The summed E-state index contributed by atoms with van der Waals surface area (Å²) in [6.07, 6.45) is -0.334. The number of sulfonamides is 1. The number of hydrogen-bond donors (Lipinski definition) is 1. The number of hydrogen-bond acceptors (Lipinski definition) is 6. The summed E-state index contributed by atoms with van der Waals surface area (Å²) < 4.78 is 36.7. The highest BCUT2D eigenvalue weighted by molar-refractivity contribution is 7.89. The highest BCUT2D eigenvalue weighted by Gasteiger charge is 2.33. The molecule has 0 amide bonds. The lowest BCUT2D eigenvalue weighted by atomic mass is 10.2. The molecule has 2 rings (SSSR count). The van der Waals surface area contributed by atoms with Crippen molar-refractivity contribution in [3.05, 3.63) is 29.8 Å². The first-order chi connectivity index (χ1) is 10.0. The SMILES string of the molecule is COC(=O)c1ccccc1S(=O)(=O)N1CCOC(CN)C1.Cl. The van der Waals surface area contributed by atoms with Gasteiger partial charge in [-0.05, 0) is 12.1 Å². The fourth-order valence-corrected chi connectivity index (χ4v) is 3.80. The highest BCUT2D eigenvalue weighted by Crippen LogP contribution is 2.22. The summed E-state index contributed by atoms with van der Waals surface area (Å²) >= 11 is 0. The molecule has 0 saturated carbocycles. The molecular weight excluding hydrogens is 332 g/mol. The Labute approximate surface area is 135 Å². The minimum Gasteiger partial charge on any atom is -0.465 e. The molecule has 1 fully saturated rings. The molecule has 124 valence electrons. The van der Waals surface area contributed by atoms with Crippen LogP contribution < -0.4 is 5.73 Å². The van der Waals surface area contributed by atoms with Gasteiger partial charge in [0.05, 0.1) is 30.3 Å². The van der Waals surface area contributed by atoms with E-state index in [0.29, 0.717) is 0 Å². The molecule has 1 aliphatic rings. The van der Waals surface area contributed by atoms with Crippen molar-refractivity contribution < 1.29 is 22.7 Å². The second-order valence-corrected chi connectivity index (χ2v) is 6.49. The number of nitrogens with two attached hydrogens (primary N) is 1. The minimum absolute atomic E-state index is 0. The molecule has 1 aromatic carbocycles. The van der Waals surface area contributed by atoms with Gasteiger partial charge in [0, 0.05) is 19.6 Å². The van der Waals surface area contributed by atoms with Crippen LogP contribution in [0, 0.1) is 0 Å². The Morgan fingerprint density at radius 1 is 1.45 bits per heavy atom. The van der Waals surface area contributed by atoms with Crippen LogP contribution >= 0.6 is 12.4 Å². The number of rotatable bonds is 4. The number of ether oxygens (including phenoxy) is 2. The smallest absolute Gasteiger partial charge is 0.339 e. The van der Waals surface area contributed by atoms with E-state index < -0.39 is 16.0 Å². The summed E-state index contributed by atoms with van der Waals surface area (Å²) in [5.41, 5.74) is 5.55. The van der Waals surface area contributed by atoms with Gasteiger partial charge in [-0.25, -0.2) is 13.2 Å². The normalized spacial score (nSPS) is 19.3. The maximum Gasteiger partial charge on any atom is 0.339 e. The standard InChI is InChI=1S/C13H18N2O5S.ClH/c1-19-13(16)11-4-2-3-5-12(11)21(17,18)15-6-7-20-10(8-14)9-15;/h2-5,10H,6-9,14H2,1H3;1H. The monoisotopic (exact) mass is 350 g/mol. The largest absolute Gasteiger partial charge is 0.465 e. The van der Waals surface area contributed by atoms with E-state index in [4.69, 9.17) is 10.5 Å². The first kappa shape index (κ1) is 18.9. The van der Waals surface area contributed by atoms with Crippen molar-refractivity contribution >= 4 is 28.4 Å². The lowest BCUT2D eigenvalue weighted by Gasteiger charge is -2.31. The second kappa shape index (κ2) is 7.89. The molecule has 0 aromatic heterocycles. The number of halogens is 1. The van der Waals surface area contributed by atoms with Gasteiger partial charge in [0.25, 0.3) is 0 Å². The number of carbonyl (C=O) groups is 1. The van der Waals surface area contributed by atoms with Crippen molar-refractivity contribution in [2.75, 3.05) is 33.4 Å². The number of nitrogens with zero attached hydrogens (tertiary/aromatic N) is 1. The second-order valence-electron chi connectivity index (χ2n) is 4.58. The van der Waals surface area contributed by atoms with E-state index in [1.807, 2.05) is 0 Å². The minimum atomic E-state index is -3.79. The predicted molar refractivity (Wildman–Crippen MR) is 82.6 cm³/mol. The lowest BCUT2D eigenvalue weighted by molar-refractivity contribution is 0.00448. The van der Waals surface area contributed by atoms with Crippen molar-refractivity contribution in [3.63, 3.8) is 0 Å². The average molecular weight is 351 g/mol. The van der Waals surface area contributed by atoms with Crippen molar-refractivity contribution in [1.29, 1.82) is 0 Å². The van der Waals surface area contributed by atoms with E-state index in [9.17, 15) is 13.2 Å². The summed E-state index contributed by atoms with van der Waals surface area (Å²) in [6.45, 7) is 0.925. The third kappa shape index (κ3) is 3.76. The van der Waals surface area contributed by atoms with Gasteiger partial charge in [0.2, 0.25) is 10.0 Å². The van der Waals surface area contributed by atoms with Gasteiger partial charge in [-0.15, -0.1) is 12.4 Å². The first-order valence-corrected chi connectivity index (χ1v) is 7.94. The van der Waals surface area contributed by atoms with Gasteiger partial charge >= 0.3 is 5.97 Å². The zero-order chi connectivity index (χ0) is 15.5. The van der Waals surface area contributed by atoms with Crippen LogP contribution in [0.4, 0.5) is 0 Å². The maximum atomic E-state index is 12.7. The third-order valence-electron chi connectivity index (χ3n) is 3.27. The van der Waals surface area contributed by atoms with Gasteiger partial charge in [0.15, 0.2) is 0 Å². The molecule has 0 aliphatic carbocycles. The summed E-state index contributed by atoms with van der Waals surface area (Å²) in [4.78, 5) is 11.7. The van der Waals surface area contributed by atoms with Crippen LogP contribution in [0.15, 0.2) is 29.2 Å². The Morgan fingerprint density at radius 3 is 2.77 bits per heavy atom. The van der Waals surface area contributed by atoms with Gasteiger partial charge in [-0.2, -0.15) is 4.31 Å². The number of esters is 1. The van der Waals surface area contributed by atoms with Gasteiger partial charge in [-0.3, -0.25) is 0 Å². The Balaban J connectivity index is 0.00000242. The van der Waals surface area contributed by atoms with Crippen LogP contribution in [0.1, 0.15) is 10.4 Å². The molecule has 2 N–H and O–H groups in total.